The summed E-state index contributed by atoms with van der Waals surface area (Å²) in [5.74, 6) is 1.97. The molecular formula is C15H20N3OS+. The minimum Gasteiger partial charge on any atom is -0.497 e. The molecule has 0 amide bonds. The predicted octanol–water partition coefficient (Wildman–Crippen LogP) is 1.73. The molecule has 1 aromatic carbocycles. The molecule has 0 saturated heterocycles. The van der Waals surface area contributed by atoms with Crippen LogP contribution in [0, 0.1) is 0 Å². The molecule has 0 unspecified atom stereocenters. The number of thioether (sulfide) groups is 1. The van der Waals surface area contributed by atoms with E-state index in [1.165, 1.54) is 5.56 Å². The molecule has 0 aliphatic rings. The smallest absolute Gasteiger partial charge is 0.187 e. The second-order valence-corrected chi connectivity index (χ2v) is 5.43. The molecule has 5 heteroatoms. The van der Waals surface area contributed by atoms with Crippen LogP contribution in [0.1, 0.15) is 12.0 Å². The minimum absolute atomic E-state index is 0.864. The number of hydrogen-bond donors (Lipinski definition) is 1. The molecule has 0 atom stereocenters. The number of nitrogens with two attached hydrogens (primary N) is 1. The number of ether oxygens (including phenoxy) is 1. The fourth-order valence-electron chi connectivity index (χ4n) is 1.78. The van der Waals surface area contributed by atoms with E-state index in [0.29, 0.717) is 0 Å². The molecule has 0 spiro atoms. The number of rotatable bonds is 8. The van der Waals surface area contributed by atoms with E-state index in [1.807, 2.05) is 18.2 Å². The first-order valence-corrected chi connectivity index (χ1v) is 7.71. The highest BCUT2D eigenvalue weighted by Crippen LogP contribution is 2.11. The SMILES string of the molecule is COc1ccc(C[NH2+]CCCSc2ncccn2)cc1. The maximum absolute atomic E-state index is 5.14. The number of aromatic nitrogens is 2. The highest BCUT2D eigenvalue weighted by molar-refractivity contribution is 7.99. The quantitative estimate of drug-likeness (QED) is 0.457. The fourth-order valence-corrected chi connectivity index (χ4v) is 2.55. The summed E-state index contributed by atoms with van der Waals surface area (Å²) in [5, 5.41) is 3.19. The summed E-state index contributed by atoms with van der Waals surface area (Å²) >= 11 is 1.71. The van der Waals surface area contributed by atoms with Gasteiger partial charge in [-0.25, -0.2) is 9.97 Å². The molecule has 1 heterocycles. The van der Waals surface area contributed by atoms with Gasteiger partial charge in [-0.2, -0.15) is 0 Å². The number of nitrogens with zero attached hydrogens (tertiary/aromatic N) is 2. The first-order chi connectivity index (χ1) is 9.88. The van der Waals surface area contributed by atoms with Crippen molar-refractivity contribution in [2.24, 2.45) is 0 Å². The van der Waals surface area contributed by atoms with Crippen LogP contribution in [0.2, 0.25) is 0 Å². The highest BCUT2D eigenvalue weighted by Gasteiger charge is 1.99. The molecule has 0 aliphatic heterocycles. The highest BCUT2D eigenvalue weighted by atomic mass is 32.2. The van der Waals surface area contributed by atoms with Gasteiger partial charge in [-0.15, -0.1) is 0 Å². The molecule has 0 saturated carbocycles. The number of methoxy groups -OCH3 is 1. The van der Waals surface area contributed by atoms with E-state index in [4.69, 9.17) is 4.74 Å². The van der Waals surface area contributed by atoms with Crippen molar-refractivity contribution < 1.29 is 10.1 Å². The van der Waals surface area contributed by atoms with E-state index in [9.17, 15) is 0 Å². The van der Waals surface area contributed by atoms with Gasteiger partial charge in [-0.3, -0.25) is 0 Å². The molecule has 2 aromatic rings. The Balaban J connectivity index is 1.57. The van der Waals surface area contributed by atoms with Crippen molar-refractivity contribution in [3.63, 3.8) is 0 Å². The summed E-state index contributed by atoms with van der Waals surface area (Å²) in [4.78, 5) is 8.38. The van der Waals surface area contributed by atoms with Gasteiger partial charge in [0.05, 0.1) is 13.7 Å². The third kappa shape index (κ3) is 5.19. The zero-order valence-electron chi connectivity index (χ0n) is 11.7. The van der Waals surface area contributed by atoms with Gasteiger partial charge >= 0.3 is 0 Å². The van der Waals surface area contributed by atoms with Crippen LogP contribution in [0.25, 0.3) is 0 Å². The van der Waals surface area contributed by atoms with E-state index in [-0.39, 0.29) is 0 Å². The number of hydrogen-bond acceptors (Lipinski definition) is 4. The van der Waals surface area contributed by atoms with Gasteiger partial charge in [0.2, 0.25) is 0 Å². The molecule has 0 aliphatic carbocycles. The van der Waals surface area contributed by atoms with Gasteiger partial charge in [0, 0.05) is 30.1 Å². The summed E-state index contributed by atoms with van der Waals surface area (Å²) in [7, 11) is 1.69. The molecule has 2 N–H and O–H groups in total. The van der Waals surface area contributed by atoms with Crippen LogP contribution >= 0.6 is 11.8 Å². The van der Waals surface area contributed by atoms with E-state index >= 15 is 0 Å². The largest absolute Gasteiger partial charge is 0.497 e. The zero-order valence-corrected chi connectivity index (χ0v) is 12.5. The first kappa shape index (κ1) is 14.8. The summed E-state index contributed by atoms with van der Waals surface area (Å²) in [6, 6.07) is 10.1. The Kier molecular flexibility index (Phi) is 6.34. The molecule has 20 heavy (non-hydrogen) atoms. The van der Waals surface area contributed by atoms with Gasteiger partial charge in [0.1, 0.15) is 12.3 Å². The molecular weight excluding hydrogens is 270 g/mol. The van der Waals surface area contributed by atoms with Crippen LogP contribution in [0.4, 0.5) is 0 Å². The molecule has 1 aromatic heterocycles. The molecule has 4 nitrogen and oxygen atoms in total. The third-order valence-electron chi connectivity index (χ3n) is 2.86. The van der Waals surface area contributed by atoms with Gasteiger partial charge in [0.15, 0.2) is 5.16 Å². The van der Waals surface area contributed by atoms with Crippen LogP contribution in [-0.4, -0.2) is 29.4 Å². The standard InChI is InChI=1S/C15H19N3OS/c1-19-14-6-4-13(5-7-14)12-16-8-3-11-20-15-17-9-2-10-18-15/h2,4-7,9-10,16H,3,8,11-12H2,1H3/p+1. The fraction of sp³-hybridized carbons (Fsp3) is 0.333. The van der Waals surface area contributed by atoms with Crippen molar-refractivity contribution in [1.82, 2.24) is 9.97 Å². The van der Waals surface area contributed by atoms with E-state index in [0.717, 1.165) is 36.2 Å². The second-order valence-electron chi connectivity index (χ2n) is 4.36. The molecule has 2 rings (SSSR count). The Hall–Kier alpha value is -1.59. The van der Waals surface area contributed by atoms with Crippen LogP contribution in [0.15, 0.2) is 47.9 Å². The normalized spacial score (nSPS) is 10.4. The Morgan fingerprint density at radius 3 is 2.60 bits per heavy atom. The Labute approximate surface area is 124 Å². The maximum atomic E-state index is 5.14. The van der Waals surface area contributed by atoms with E-state index < -0.39 is 0 Å². The topological polar surface area (TPSA) is 51.6 Å². The van der Waals surface area contributed by atoms with Crippen molar-refractivity contribution >= 4 is 11.8 Å². The lowest BCUT2D eigenvalue weighted by Crippen LogP contribution is -2.82. The van der Waals surface area contributed by atoms with Crippen molar-refractivity contribution in [1.29, 1.82) is 0 Å². The molecule has 0 fully saturated rings. The lowest BCUT2D eigenvalue weighted by atomic mass is 10.2. The number of benzene rings is 1. The van der Waals surface area contributed by atoms with Crippen LogP contribution in [-0.2, 0) is 6.54 Å². The Morgan fingerprint density at radius 1 is 1.15 bits per heavy atom. The van der Waals surface area contributed by atoms with E-state index in [1.54, 1.807) is 31.3 Å². The van der Waals surface area contributed by atoms with E-state index in [2.05, 4.69) is 27.4 Å². The van der Waals surface area contributed by atoms with Crippen molar-refractivity contribution in [3.8, 4) is 5.75 Å². The monoisotopic (exact) mass is 290 g/mol. The van der Waals surface area contributed by atoms with Crippen LogP contribution < -0.4 is 10.1 Å². The van der Waals surface area contributed by atoms with Gasteiger partial charge in [0.25, 0.3) is 0 Å². The summed E-state index contributed by atoms with van der Waals surface area (Å²) < 4.78 is 5.14. The average Bonchev–Trinajstić information content (AvgIpc) is 2.52. The van der Waals surface area contributed by atoms with Gasteiger partial charge in [-0.1, -0.05) is 11.8 Å². The molecule has 0 radical (unpaired) electrons. The van der Waals surface area contributed by atoms with Gasteiger partial charge in [-0.05, 0) is 30.3 Å². The third-order valence-corrected chi connectivity index (χ3v) is 3.83. The number of quaternary nitrogens is 1. The van der Waals surface area contributed by atoms with Crippen molar-refractivity contribution in [3.05, 3.63) is 48.3 Å². The van der Waals surface area contributed by atoms with Crippen LogP contribution in [0.3, 0.4) is 0 Å². The summed E-state index contributed by atoms with van der Waals surface area (Å²) in [6.45, 7) is 2.13. The second kappa shape index (κ2) is 8.55. The molecule has 106 valence electrons. The minimum atomic E-state index is 0.864. The molecule has 0 bridgehead atoms. The lowest BCUT2D eigenvalue weighted by molar-refractivity contribution is -0.670. The summed E-state index contributed by atoms with van der Waals surface area (Å²) in [5.41, 5.74) is 1.32. The lowest BCUT2D eigenvalue weighted by Gasteiger charge is -2.03. The van der Waals surface area contributed by atoms with Crippen molar-refractivity contribution in [2.45, 2.75) is 18.1 Å². The Bertz CT molecular complexity index is 490. The average molecular weight is 290 g/mol. The Morgan fingerprint density at radius 2 is 1.90 bits per heavy atom. The first-order valence-electron chi connectivity index (χ1n) is 6.73. The maximum Gasteiger partial charge on any atom is 0.187 e. The van der Waals surface area contributed by atoms with Crippen molar-refractivity contribution in [2.75, 3.05) is 19.4 Å². The van der Waals surface area contributed by atoms with Crippen LogP contribution in [0.5, 0.6) is 5.75 Å². The summed E-state index contributed by atoms with van der Waals surface area (Å²) in [6.07, 6.45) is 4.72. The zero-order chi connectivity index (χ0) is 14.0. The van der Waals surface area contributed by atoms with Gasteiger partial charge < -0.3 is 10.1 Å². The predicted molar refractivity (Wildman–Crippen MR) is 80.9 cm³/mol.